The van der Waals surface area contributed by atoms with Crippen molar-refractivity contribution >= 4 is 6.09 Å². The van der Waals surface area contributed by atoms with Gasteiger partial charge in [-0.3, -0.25) is 0 Å². The van der Waals surface area contributed by atoms with Crippen molar-refractivity contribution < 1.29 is 9.63 Å². The minimum atomic E-state index is -0.407. The van der Waals surface area contributed by atoms with Gasteiger partial charge in [-0.1, -0.05) is 0 Å². The van der Waals surface area contributed by atoms with E-state index < -0.39 is 6.09 Å². The normalized spacial score (nSPS) is 22.7. The highest BCUT2D eigenvalue weighted by Crippen LogP contribution is 2.38. The number of nitrogens with zero attached hydrogens (tertiary/aromatic N) is 3. The zero-order valence-electron chi connectivity index (χ0n) is 11.5. The van der Waals surface area contributed by atoms with Crippen LogP contribution in [0.2, 0.25) is 0 Å². The fraction of sp³-hybridized carbons (Fsp3) is 0.692. The smallest absolute Gasteiger partial charge is 0.349 e. The van der Waals surface area contributed by atoms with Crippen LogP contribution in [0.4, 0.5) is 4.79 Å². The van der Waals surface area contributed by atoms with E-state index in [-0.39, 0.29) is 11.1 Å². The van der Waals surface area contributed by atoms with Crippen LogP contribution in [-0.2, 0) is 4.84 Å². The lowest BCUT2D eigenvalue weighted by atomic mass is 9.82. The predicted molar refractivity (Wildman–Crippen MR) is 68.0 cm³/mol. The second-order valence-electron chi connectivity index (χ2n) is 6.10. The number of hydrogen-bond acceptors (Lipinski definition) is 4. The van der Waals surface area contributed by atoms with Crippen LogP contribution in [0.1, 0.15) is 47.0 Å². The highest BCUT2D eigenvalue weighted by molar-refractivity contribution is 5.69. The lowest BCUT2D eigenvalue weighted by Crippen LogP contribution is -2.59. The van der Waals surface area contributed by atoms with Gasteiger partial charge in [0.05, 0.1) is 11.1 Å². The molecule has 2 rings (SSSR count). The molecule has 1 fully saturated rings. The second-order valence-corrected chi connectivity index (χ2v) is 6.10. The first-order valence-corrected chi connectivity index (χ1v) is 6.33. The van der Waals surface area contributed by atoms with Crippen molar-refractivity contribution in [2.45, 2.75) is 58.0 Å². The van der Waals surface area contributed by atoms with Crippen molar-refractivity contribution in [3.8, 4) is 0 Å². The highest BCUT2D eigenvalue weighted by Gasteiger charge is 2.44. The Morgan fingerprint density at radius 3 is 2.33 bits per heavy atom. The SMILES string of the molecule is CC1(C)CCCC(C)(C)N1OC(=O)n1ccnc1. The van der Waals surface area contributed by atoms with E-state index in [1.165, 1.54) is 10.9 Å². The van der Waals surface area contributed by atoms with E-state index in [0.29, 0.717) is 0 Å². The molecule has 0 N–H and O–H groups in total. The molecule has 0 aromatic carbocycles. The van der Waals surface area contributed by atoms with Crippen molar-refractivity contribution in [3.63, 3.8) is 0 Å². The van der Waals surface area contributed by atoms with Gasteiger partial charge in [-0.05, 0) is 47.0 Å². The topological polar surface area (TPSA) is 47.4 Å². The summed E-state index contributed by atoms with van der Waals surface area (Å²) in [5, 5.41) is 1.84. The summed E-state index contributed by atoms with van der Waals surface area (Å²) in [7, 11) is 0. The summed E-state index contributed by atoms with van der Waals surface area (Å²) in [6.45, 7) is 8.43. The summed E-state index contributed by atoms with van der Waals surface area (Å²) in [4.78, 5) is 21.4. The molecule has 0 bridgehead atoms. The third kappa shape index (κ3) is 2.41. The van der Waals surface area contributed by atoms with Crippen LogP contribution in [-0.4, -0.2) is 31.8 Å². The van der Waals surface area contributed by atoms with Gasteiger partial charge in [0.15, 0.2) is 0 Å². The van der Waals surface area contributed by atoms with Crippen LogP contribution in [0.5, 0.6) is 0 Å². The summed E-state index contributed by atoms with van der Waals surface area (Å²) in [6.07, 6.45) is 7.39. The van der Waals surface area contributed by atoms with Gasteiger partial charge in [-0.2, -0.15) is 0 Å². The Morgan fingerprint density at radius 2 is 1.83 bits per heavy atom. The third-order valence-electron chi connectivity index (χ3n) is 3.56. The third-order valence-corrected chi connectivity index (χ3v) is 3.56. The molecule has 1 aromatic heterocycles. The Hall–Kier alpha value is -1.36. The van der Waals surface area contributed by atoms with E-state index in [4.69, 9.17) is 4.84 Å². The minimum absolute atomic E-state index is 0.141. The Morgan fingerprint density at radius 1 is 1.22 bits per heavy atom. The number of piperidine rings is 1. The molecule has 0 unspecified atom stereocenters. The maximum Gasteiger partial charge on any atom is 0.438 e. The molecule has 100 valence electrons. The van der Waals surface area contributed by atoms with Crippen LogP contribution in [0.25, 0.3) is 0 Å². The van der Waals surface area contributed by atoms with E-state index >= 15 is 0 Å². The van der Waals surface area contributed by atoms with Crippen molar-refractivity contribution in [3.05, 3.63) is 18.7 Å². The summed E-state index contributed by atoms with van der Waals surface area (Å²) < 4.78 is 1.35. The Balaban J connectivity index is 2.17. The van der Waals surface area contributed by atoms with Crippen LogP contribution in [0, 0.1) is 0 Å². The number of hydroxylamine groups is 2. The Kier molecular flexibility index (Phi) is 3.19. The molecule has 0 amide bonds. The maximum absolute atomic E-state index is 12.0. The number of carbonyl (C=O) groups excluding carboxylic acids is 1. The number of hydrogen-bond donors (Lipinski definition) is 0. The average molecular weight is 251 g/mol. The molecule has 5 nitrogen and oxygen atoms in total. The number of carbonyl (C=O) groups is 1. The molecular weight excluding hydrogens is 230 g/mol. The van der Waals surface area contributed by atoms with Crippen LogP contribution in [0.3, 0.4) is 0 Å². The Labute approximate surface area is 108 Å². The molecule has 1 saturated heterocycles. The van der Waals surface area contributed by atoms with Gasteiger partial charge in [0, 0.05) is 12.4 Å². The standard InChI is InChI=1S/C13H21N3O2/c1-12(2)6-5-7-13(3,4)16(12)18-11(17)15-9-8-14-10-15/h8-10H,5-7H2,1-4H3. The molecular formula is C13H21N3O2. The molecule has 2 heterocycles. The van der Waals surface area contributed by atoms with Gasteiger partial charge in [0.2, 0.25) is 0 Å². The Bertz CT molecular complexity index is 407. The fourth-order valence-electron chi connectivity index (χ4n) is 2.72. The van der Waals surface area contributed by atoms with Gasteiger partial charge >= 0.3 is 6.09 Å². The zero-order valence-corrected chi connectivity index (χ0v) is 11.5. The van der Waals surface area contributed by atoms with Crippen LogP contribution in [0.15, 0.2) is 18.7 Å². The van der Waals surface area contributed by atoms with Gasteiger partial charge in [0.25, 0.3) is 0 Å². The number of rotatable bonds is 1. The molecule has 0 spiro atoms. The van der Waals surface area contributed by atoms with Gasteiger partial charge in [-0.15, -0.1) is 5.06 Å². The molecule has 18 heavy (non-hydrogen) atoms. The molecule has 1 aliphatic heterocycles. The molecule has 0 aliphatic carbocycles. The van der Waals surface area contributed by atoms with E-state index in [2.05, 4.69) is 32.7 Å². The molecule has 1 aromatic rings. The molecule has 0 atom stereocenters. The summed E-state index contributed by atoms with van der Waals surface area (Å²) in [5.41, 5.74) is -0.282. The van der Waals surface area contributed by atoms with Crippen LogP contribution >= 0.6 is 0 Å². The van der Waals surface area contributed by atoms with Crippen molar-refractivity contribution in [1.29, 1.82) is 0 Å². The summed E-state index contributed by atoms with van der Waals surface area (Å²) >= 11 is 0. The van der Waals surface area contributed by atoms with E-state index in [0.717, 1.165) is 19.3 Å². The van der Waals surface area contributed by atoms with Crippen molar-refractivity contribution in [2.75, 3.05) is 0 Å². The monoisotopic (exact) mass is 251 g/mol. The highest BCUT2D eigenvalue weighted by atomic mass is 16.7. The molecule has 1 aliphatic rings. The second kappa shape index (κ2) is 4.39. The average Bonchev–Trinajstić information content (AvgIpc) is 2.76. The van der Waals surface area contributed by atoms with Gasteiger partial charge < -0.3 is 4.84 Å². The quantitative estimate of drug-likeness (QED) is 0.770. The first kappa shape index (κ1) is 13.1. The van der Waals surface area contributed by atoms with Crippen LogP contribution < -0.4 is 0 Å². The predicted octanol–water partition coefficient (Wildman–Crippen LogP) is 2.83. The van der Waals surface area contributed by atoms with E-state index in [9.17, 15) is 4.79 Å². The first-order valence-electron chi connectivity index (χ1n) is 6.33. The zero-order chi connectivity index (χ0) is 13.4. The molecule has 0 saturated carbocycles. The van der Waals surface area contributed by atoms with Gasteiger partial charge in [0.1, 0.15) is 6.33 Å². The van der Waals surface area contributed by atoms with E-state index in [1.807, 2.05) is 5.06 Å². The lowest BCUT2D eigenvalue weighted by Gasteiger charge is -2.50. The minimum Gasteiger partial charge on any atom is -0.349 e. The molecule has 0 radical (unpaired) electrons. The van der Waals surface area contributed by atoms with Crippen molar-refractivity contribution in [2.24, 2.45) is 0 Å². The van der Waals surface area contributed by atoms with Crippen molar-refractivity contribution in [1.82, 2.24) is 14.6 Å². The summed E-state index contributed by atoms with van der Waals surface area (Å²) in [5.74, 6) is 0. The molecule has 5 heteroatoms. The fourth-order valence-corrected chi connectivity index (χ4v) is 2.72. The van der Waals surface area contributed by atoms with Gasteiger partial charge in [-0.25, -0.2) is 14.3 Å². The largest absolute Gasteiger partial charge is 0.438 e. The summed E-state index contributed by atoms with van der Waals surface area (Å²) in [6, 6.07) is 0. The number of aromatic nitrogens is 2. The van der Waals surface area contributed by atoms with E-state index in [1.54, 1.807) is 12.4 Å². The lowest BCUT2D eigenvalue weighted by molar-refractivity contribution is -0.239. The maximum atomic E-state index is 12.0. The first-order chi connectivity index (χ1) is 8.33. The number of imidazole rings is 1.